The molecule has 0 radical (unpaired) electrons. The molecule has 0 fully saturated rings. The number of carbonyl (C=O) groups is 2. The van der Waals surface area contributed by atoms with Crippen molar-refractivity contribution >= 4 is 27.5 Å². The highest BCUT2D eigenvalue weighted by Crippen LogP contribution is 2.25. The van der Waals surface area contributed by atoms with E-state index in [4.69, 9.17) is 0 Å². The van der Waals surface area contributed by atoms with Crippen LogP contribution < -0.4 is 9.62 Å². The first-order valence-corrected chi connectivity index (χ1v) is 15.7. The van der Waals surface area contributed by atoms with Crippen LogP contribution in [0.15, 0.2) is 120 Å². The molecule has 0 aliphatic carbocycles. The first-order valence-electron chi connectivity index (χ1n) is 14.3. The Morgan fingerprint density at radius 3 is 1.93 bits per heavy atom. The second-order valence-electron chi connectivity index (χ2n) is 10.2. The second-order valence-corrected chi connectivity index (χ2v) is 12.0. The highest BCUT2D eigenvalue weighted by molar-refractivity contribution is 7.92. The van der Waals surface area contributed by atoms with Crippen molar-refractivity contribution in [3.63, 3.8) is 0 Å². The van der Waals surface area contributed by atoms with Crippen LogP contribution >= 0.6 is 0 Å². The van der Waals surface area contributed by atoms with Gasteiger partial charge in [-0.3, -0.25) is 13.9 Å². The van der Waals surface area contributed by atoms with E-state index in [0.717, 1.165) is 40.4 Å². The third-order valence-corrected chi connectivity index (χ3v) is 8.81. The molecule has 0 aliphatic heterocycles. The van der Waals surface area contributed by atoms with Gasteiger partial charge in [0, 0.05) is 19.5 Å². The Morgan fingerprint density at radius 2 is 1.35 bits per heavy atom. The third-order valence-electron chi connectivity index (χ3n) is 7.02. The summed E-state index contributed by atoms with van der Waals surface area (Å²) in [6.45, 7) is 1.97. The number of rotatable bonds is 14. The lowest BCUT2D eigenvalue weighted by atomic mass is 10.0. The van der Waals surface area contributed by atoms with Gasteiger partial charge in [-0.1, -0.05) is 92.2 Å². The van der Waals surface area contributed by atoms with Crippen LogP contribution in [0.2, 0.25) is 0 Å². The van der Waals surface area contributed by atoms with E-state index in [0.29, 0.717) is 6.54 Å². The van der Waals surface area contributed by atoms with Crippen LogP contribution in [0, 0.1) is 5.82 Å². The zero-order valence-corrected chi connectivity index (χ0v) is 24.9. The van der Waals surface area contributed by atoms with E-state index < -0.39 is 34.3 Å². The van der Waals surface area contributed by atoms with Crippen LogP contribution in [0.25, 0.3) is 0 Å². The van der Waals surface area contributed by atoms with Crippen molar-refractivity contribution in [3.8, 4) is 0 Å². The van der Waals surface area contributed by atoms with Gasteiger partial charge in [-0.15, -0.1) is 0 Å². The summed E-state index contributed by atoms with van der Waals surface area (Å²) in [5, 5.41) is 2.97. The second kappa shape index (κ2) is 15.1. The highest BCUT2D eigenvalue weighted by Gasteiger charge is 2.34. The number of hydrogen-bond donors (Lipinski definition) is 1. The highest BCUT2D eigenvalue weighted by atomic mass is 32.2. The number of nitrogens with one attached hydrogen (secondary N) is 1. The van der Waals surface area contributed by atoms with E-state index in [2.05, 4.69) is 5.32 Å². The standard InChI is InChI=1S/C34H36FN3O4S/c1-2-3-23-36-34(40)32(24-27-13-7-4-8-14-27)37(25-28-15-9-5-10-16-28)33(39)26-38(30-21-19-29(35)20-22-30)43(41,42)31-17-11-6-12-18-31/h4-22,32H,2-3,23-26H2,1H3,(H,36,40). The molecule has 4 aromatic rings. The average Bonchev–Trinajstić information content (AvgIpc) is 3.03. The fourth-order valence-electron chi connectivity index (χ4n) is 4.70. The van der Waals surface area contributed by atoms with Gasteiger partial charge in [0.25, 0.3) is 10.0 Å². The summed E-state index contributed by atoms with van der Waals surface area (Å²) < 4.78 is 42.6. The number of anilines is 1. The molecule has 7 nitrogen and oxygen atoms in total. The van der Waals surface area contributed by atoms with Crippen molar-refractivity contribution in [3.05, 3.63) is 132 Å². The van der Waals surface area contributed by atoms with Gasteiger partial charge in [0.1, 0.15) is 18.4 Å². The largest absolute Gasteiger partial charge is 0.354 e. The summed E-state index contributed by atoms with van der Waals surface area (Å²) in [6.07, 6.45) is 1.91. The summed E-state index contributed by atoms with van der Waals surface area (Å²) in [5.74, 6) is -1.43. The fraction of sp³-hybridized carbons (Fsp3) is 0.235. The minimum atomic E-state index is -4.23. The van der Waals surface area contributed by atoms with Crippen LogP contribution in [0.3, 0.4) is 0 Å². The summed E-state index contributed by atoms with van der Waals surface area (Å²) >= 11 is 0. The number of benzene rings is 4. The Bertz CT molecular complexity index is 1570. The predicted octanol–water partition coefficient (Wildman–Crippen LogP) is 5.58. The molecule has 1 unspecified atom stereocenters. The fourth-order valence-corrected chi connectivity index (χ4v) is 6.13. The molecule has 1 N–H and O–H groups in total. The normalized spacial score (nSPS) is 11.9. The topological polar surface area (TPSA) is 86.8 Å². The van der Waals surface area contributed by atoms with Crippen LogP contribution in [0.1, 0.15) is 30.9 Å². The Hall–Kier alpha value is -4.50. The molecule has 4 rings (SSSR count). The summed E-state index contributed by atoms with van der Waals surface area (Å²) in [5.41, 5.74) is 1.77. The lowest BCUT2D eigenvalue weighted by molar-refractivity contribution is -0.140. The monoisotopic (exact) mass is 601 g/mol. The zero-order chi connectivity index (χ0) is 30.7. The summed E-state index contributed by atoms with van der Waals surface area (Å²) in [6, 6.07) is 30.4. The summed E-state index contributed by atoms with van der Waals surface area (Å²) in [4.78, 5) is 29.4. The van der Waals surface area contributed by atoms with Crippen LogP contribution in [0.4, 0.5) is 10.1 Å². The molecule has 0 heterocycles. The Balaban J connectivity index is 1.76. The van der Waals surface area contributed by atoms with E-state index in [9.17, 15) is 22.4 Å². The average molecular weight is 602 g/mol. The maximum absolute atomic E-state index is 14.3. The minimum Gasteiger partial charge on any atom is -0.354 e. The Labute approximate surface area is 253 Å². The first-order chi connectivity index (χ1) is 20.8. The lowest BCUT2D eigenvalue weighted by Gasteiger charge is -2.34. The maximum Gasteiger partial charge on any atom is 0.264 e. The van der Waals surface area contributed by atoms with Crippen LogP contribution in [0.5, 0.6) is 0 Å². The smallest absolute Gasteiger partial charge is 0.264 e. The summed E-state index contributed by atoms with van der Waals surface area (Å²) in [7, 11) is -4.23. The van der Waals surface area contributed by atoms with E-state index >= 15 is 0 Å². The van der Waals surface area contributed by atoms with Gasteiger partial charge in [-0.25, -0.2) is 12.8 Å². The van der Waals surface area contributed by atoms with Crippen molar-refractivity contribution < 1.29 is 22.4 Å². The van der Waals surface area contributed by atoms with Gasteiger partial charge in [0.2, 0.25) is 11.8 Å². The molecule has 0 aliphatic rings. The van der Waals surface area contributed by atoms with Gasteiger partial charge in [0.05, 0.1) is 10.6 Å². The zero-order valence-electron chi connectivity index (χ0n) is 24.1. The van der Waals surface area contributed by atoms with Gasteiger partial charge < -0.3 is 10.2 Å². The van der Waals surface area contributed by atoms with Gasteiger partial charge in [-0.05, 0) is 53.9 Å². The number of sulfonamides is 1. The van der Waals surface area contributed by atoms with Crippen LogP contribution in [-0.2, 0) is 32.6 Å². The van der Waals surface area contributed by atoms with E-state index in [1.807, 2.05) is 67.6 Å². The molecule has 4 aromatic carbocycles. The molecular formula is C34H36FN3O4S. The molecule has 224 valence electrons. The number of carbonyl (C=O) groups excluding carboxylic acids is 2. The number of halogens is 1. The molecule has 0 saturated heterocycles. The number of unbranched alkanes of at least 4 members (excludes halogenated alkanes) is 1. The quantitative estimate of drug-likeness (QED) is 0.191. The molecule has 0 aromatic heterocycles. The maximum atomic E-state index is 14.3. The van der Waals surface area contributed by atoms with E-state index in [1.54, 1.807) is 18.2 Å². The van der Waals surface area contributed by atoms with Crippen molar-refractivity contribution in [2.24, 2.45) is 0 Å². The molecule has 2 amide bonds. The van der Waals surface area contributed by atoms with Crippen LogP contribution in [-0.4, -0.2) is 44.3 Å². The lowest BCUT2D eigenvalue weighted by Crippen LogP contribution is -2.53. The van der Waals surface area contributed by atoms with Crippen molar-refractivity contribution in [1.82, 2.24) is 10.2 Å². The molecule has 1 atom stereocenters. The number of nitrogens with zero attached hydrogens (tertiary/aromatic N) is 2. The third kappa shape index (κ3) is 8.51. The SMILES string of the molecule is CCCCNC(=O)C(Cc1ccccc1)N(Cc1ccccc1)C(=O)CN(c1ccc(F)cc1)S(=O)(=O)c1ccccc1. The molecule has 0 spiro atoms. The van der Waals surface area contributed by atoms with Gasteiger partial charge in [0.15, 0.2) is 0 Å². The number of hydrogen-bond acceptors (Lipinski definition) is 4. The van der Waals surface area contributed by atoms with Crippen molar-refractivity contribution in [2.45, 2.75) is 43.7 Å². The Kier molecular flexibility index (Phi) is 11.0. The molecule has 43 heavy (non-hydrogen) atoms. The van der Waals surface area contributed by atoms with Crippen molar-refractivity contribution in [1.29, 1.82) is 0 Å². The van der Waals surface area contributed by atoms with Gasteiger partial charge >= 0.3 is 0 Å². The molecule has 0 saturated carbocycles. The first kappa shape index (κ1) is 31.4. The number of amides is 2. The molecular weight excluding hydrogens is 565 g/mol. The van der Waals surface area contributed by atoms with E-state index in [-0.39, 0.29) is 29.5 Å². The predicted molar refractivity (Wildman–Crippen MR) is 166 cm³/mol. The van der Waals surface area contributed by atoms with E-state index in [1.165, 1.54) is 29.2 Å². The minimum absolute atomic E-state index is 0.0140. The van der Waals surface area contributed by atoms with Gasteiger partial charge in [-0.2, -0.15) is 0 Å². The van der Waals surface area contributed by atoms with Crippen molar-refractivity contribution in [2.75, 3.05) is 17.4 Å². The Morgan fingerprint density at radius 1 is 0.791 bits per heavy atom. The molecule has 0 bridgehead atoms. The molecule has 9 heteroatoms.